The quantitative estimate of drug-likeness (QED) is 0.584. The molecule has 0 aliphatic carbocycles. The number of ether oxygens (including phenoxy) is 1. The summed E-state index contributed by atoms with van der Waals surface area (Å²) in [6.45, 7) is 3.14. The number of nitrogens with one attached hydrogen (secondary N) is 1. The van der Waals surface area contributed by atoms with Crippen molar-refractivity contribution in [2.45, 2.75) is 13.0 Å². The van der Waals surface area contributed by atoms with Gasteiger partial charge in [-0.25, -0.2) is 0 Å². The molecule has 1 aromatic rings. The molecule has 1 aromatic carbocycles. The number of hydrogen-bond donors (Lipinski definition) is 1. The second-order valence-corrected chi connectivity index (χ2v) is 5.05. The number of terminal acetylenes is 1. The van der Waals surface area contributed by atoms with E-state index in [0.717, 1.165) is 23.8 Å². The van der Waals surface area contributed by atoms with Crippen LogP contribution in [0.2, 0.25) is 0 Å². The lowest BCUT2D eigenvalue weighted by atomic mass is 10.1. The fourth-order valence-corrected chi connectivity index (χ4v) is 2.09. The molecule has 1 unspecified atom stereocenters. The van der Waals surface area contributed by atoms with E-state index in [1.165, 1.54) is 5.56 Å². The zero-order chi connectivity index (χ0) is 13.9. The third-order valence-electron chi connectivity index (χ3n) is 2.57. The van der Waals surface area contributed by atoms with Crippen molar-refractivity contribution in [2.75, 3.05) is 24.7 Å². The minimum atomic E-state index is 0.0829. The molecule has 0 fully saturated rings. The summed E-state index contributed by atoms with van der Waals surface area (Å²) in [5.74, 6) is 5.11. The molecule has 0 aliphatic rings. The number of nitriles is 1. The minimum absolute atomic E-state index is 0.0829. The molecule has 0 heterocycles. The Bertz CT molecular complexity index is 445. The Morgan fingerprint density at radius 3 is 2.79 bits per heavy atom. The maximum Gasteiger partial charge on any atom is 0.174 e. The Morgan fingerprint density at radius 1 is 1.42 bits per heavy atom. The molecule has 0 aromatic heterocycles. The van der Waals surface area contributed by atoms with Gasteiger partial charge >= 0.3 is 0 Å². The van der Waals surface area contributed by atoms with E-state index in [2.05, 4.69) is 18.2 Å². The van der Waals surface area contributed by atoms with E-state index in [1.807, 2.05) is 30.3 Å². The monoisotopic (exact) mass is 274 g/mol. The van der Waals surface area contributed by atoms with Crippen LogP contribution >= 0.6 is 11.8 Å². The van der Waals surface area contributed by atoms with Crippen LogP contribution in [0.5, 0.6) is 5.75 Å². The molecule has 19 heavy (non-hydrogen) atoms. The van der Waals surface area contributed by atoms with E-state index in [-0.39, 0.29) is 12.6 Å². The highest BCUT2D eigenvalue weighted by molar-refractivity contribution is 7.99. The van der Waals surface area contributed by atoms with Gasteiger partial charge in [-0.2, -0.15) is 5.26 Å². The average molecular weight is 274 g/mol. The van der Waals surface area contributed by atoms with Crippen LogP contribution in [0, 0.1) is 23.7 Å². The number of benzene rings is 1. The molecular weight excluding hydrogens is 256 g/mol. The normalized spacial score (nSPS) is 11.3. The van der Waals surface area contributed by atoms with Crippen molar-refractivity contribution < 1.29 is 4.74 Å². The Hall–Kier alpha value is -1.62. The molecule has 0 radical (unpaired) electrons. The van der Waals surface area contributed by atoms with E-state index < -0.39 is 0 Å². The van der Waals surface area contributed by atoms with Crippen LogP contribution in [0.25, 0.3) is 0 Å². The lowest BCUT2D eigenvalue weighted by Crippen LogP contribution is -2.21. The van der Waals surface area contributed by atoms with Crippen molar-refractivity contribution in [3.05, 3.63) is 29.8 Å². The van der Waals surface area contributed by atoms with Gasteiger partial charge in [0.1, 0.15) is 11.8 Å². The highest BCUT2D eigenvalue weighted by Crippen LogP contribution is 2.17. The average Bonchev–Trinajstić information content (AvgIpc) is 2.45. The van der Waals surface area contributed by atoms with Crippen LogP contribution in [0.3, 0.4) is 0 Å². The van der Waals surface area contributed by atoms with Crippen LogP contribution in [0.15, 0.2) is 24.3 Å². The third-order valence-corrected chi connectivity index (χ3v) is 3.43. The maximum absolute atomic E-state index is 8.43. The molecule has 0 spiro atoms. The maximum atomic E-state index is 8.43. The largest absolute Gasteiger partial charge is 0.479 e. The molecule has 0 aliphatic heterocycles. The molecule has 1 rings (SSSR count). The first-order valence-corrected chi connectivity index (χ1v) is 7.27. The molecule has 0 amide bonds. The van der Waals surface area contributed by atoms with E-state index in [1.54, 1.807) is 11.8 Å². The summed E-state index contributed by atoms with van der Waals surface area (Å²) < 4.78 is 5.21. The Labute approximate surface area is 119 Å². The molecule has 0 saturated carbocycles. The van der Waals surface area contributed by atoms with E-state index >= 15 is 0 Å². The summed E-state index contributed by atoms with van der Waals surface area (Å²) in [6, 6.07) is 10.0. The van der Waals surface area contributed by atoms with Crippen molar-refractivity contribution in [2.24, 2.45) is 0 Å². The number of thioether (sulfide) groups is 1. The van der Waals surface area contributed by atoms with Gasteiger partial charge in [-0.3, -0.25) is 0 Å². The molecule has 1 atom stereocenters. The SMILES string of the molecule is C#CCSCCNC(C)c1ccc(OCC#N)cc1. The fraction of sp³-hybridized carbons (Fsp3) is 0.400. The predicted molar refractivity (Wildman–Crippen MR) is 80.1 cm³/mol. The number of hydrogen-bond acceptors (Lipinski definition) is 4. The van der Waals surface area contributed by atoms with Crippen molar-refractivity contribution in [3.63, 3.8) is 0 Å². The van der Waals surface area contributed by atoms with Gasteiger partial charge in [-0.05, 0) is 24.6 Å². The van der Waals surface area contributed by atoms with Gasteiger partial charge < -0.3 is 10.1 Å². The fourth-order valence-electron chi connectivity index (χ4n) is 1.56. The van der Waals surface area contributed by atoms with Gasteiger partial charge in [0.2, 0.25) is 0 Å². The molecular formula is C15H18N2OS. The second-order valence-electron chi connectivity index (χ2n) is 3.95. The van der Waals surface area contributed by atoms with Crippen LogP contribution in [-0.2, 0) is 0 Å². The zero-order valence-electron chi connectivity index (χ0n) is 11.1. The smallest absolute Gasteiger partial charge is 0.174 e. The first-order valence-electron chi connectivity index (χ1n) is 6.12. The number of rotatable bonds is 8. The molecule has 4 heteroatoms. The highest BCUT2D eigenvalue weighted by Gasteiger charge is 2.04. The lowest BCUT2D eigenvalue weighted by Gasteiger charge is -2.14. The Kier molecular flexibility index (Phi) is 7.58. The van der Waals surface area contributed by atoms with E-state index in [9.17, 15) is 0 Å². The summed E-state index contributed by atoms with van der Waals surface area (Å²) in [5, 5.41) is 11.9. The van der Waals surface area contributed by atoms with E-state index in [4.69, 9.17) is 16.4 Å². The topological polar surface area (TPSA) is 45.0 Å². The van der Waals surface area contributed by atoms with Gasteiger partial charge in [0, 0.05) is 18.3 Å². The zero-order valence-corrected chi connectivity index (χ0v) is 11.9. The van der Waals surface area contributed by atoms with Crippen molar-refractivity contribution in [1.82, 2.24) is 5.32 Å². The van der Waals surface area contributed by atoms with Crippen LogP contribution < -0.4 is 10.1 Å². The molecule has 100 valence electrons. The first-order chi connectivity index (χ1) is 9.27. The highest BCUT2D eigenvalue weighted by atomic mass is 32.2. The Balaban J connectivity index is 2.34. The predicted octanol–water partition coefficient (Wildman–Crippen LogP) is 2.61. The van der Waals surface area contributed by atoms with Crippen LogP contribution in [-0.4, -0.2) is 24.7 Å². The van der Waals surface area contributed by atoms with Gasteiger partial charge in [0.25, 0.3) is 0 Å². The van der Waals surface area contributed by atoms with Gasteiger partial charge in [-0.15, -0.1) is 18.2 Å². The number of nitrogens with zero attached hydrogens (tertiary/aromatic N) is 1. The molecule has 3 nitrogen and oxygen atoms in total. The summed E-state index contributed by atoms with van der Waals surface area (Å²) in [5.41, 5.74) is 1.20. The molecule has 0 saturated heterocycles. The summed E-state index contributed by atoms with van der Waals surface area (Å²) in [4.78, 5) is 0. The summed E-state index contributed by atoms with van der Waals surface area (Å²) in [6.07, 6.45) is 5.19. The van der Waals surface area contributed by atoms with Gasteiger partial charge in [0.15, 0.2) is 6.61 Å². The molecule has 0 bridgehead atoms. The van der Waals surface area contributed by atoms with Gasteiger partial charge in [-0.1, -0.05) is 18.1 Å². The van der Waals surface area contributed by atoms with Crippen molar-refractivity contribution >= 4 is 11.8 Å². The summed E-state index contributed by atoms with van der Waals surface area (Å²) in [7, 11) is 0. The van der Waals surface area contributed by atoms with E-state index in [0.29, 0.717) is 0 Å². The van der Waals surface area contributed by atoms with Crippen LogP contribution in [0.1, 0.15) is 18.5 Å². The molecule has 1 N–H and O–H groups in total. The Morgan fingerprint density at radius 2 is 2.16 bits per heavy atom. The lowest BCUT2D eigenvalue weighted by molar-refractivity contribution is 0.368. The van der Waals surface area contributed by atoms with Gasteiger partial charge in [0.05, 0.1) is 5.75 Å². The van der Waals surface area contributed by atoms with Crippen molar-refractivity contribution in [1.29, 1.82) is 5.26 Å². The van der Waals surface area contributed by atoms with Crippen molar-refractivity contribution in [3.8, 4) is 24.2 Å². The minimum Gasteiger partial charge on any atom is -0.479 e. The first kappa shape index (κ1) is 15.4. The summed E-state index contributed by atoms with van der Waals surface area (Å²) >= 11 is 1.75. The second kappa shape index (κ2) is 9.33. The standard InChI is InChI=1S/C15H18N2OS/c1-3-11-19-12-9-17-13(2)14-4-6-15(7-5-14)18-10-8-16/h1,4-7,13,17H,9-12H2,2H3. The van der Waals surface area contributed by atoms with Crippen LogP contribution in [0.4, 0.5) is 0 Å². The third kappa shape index (κ3) is 6.20.